The van der Waals surface area contributed by atoms with Crippen LogP contribution in [0.25, 0.3) is 0 Å². The highest BCUT2D eigenvalue weighted by atomic mass is 31.2. The number of hydrogen-bond acceptors (Lipinski definition) is 6. The molecule has 0 aromatic rings. The Morgan fingerprint density at radius 1 is 0.533 bits per heavy atom. The van der Waals surface area contributed by atoms with Crippen LogP contribution in [0.5, 0.6) is 0 Å². The zero-order chi connectivity index (χ0) is 44.1. The monoisotopic (exact) mass is 869 g/mol. The van der Waals surface area contributed by atoms with Crippen molar-refractivity contribution in [3.63, 3.8) is 0 Å². The molecule has 2 atom stereocenters. The highest BCUT2D eigenvalue weighted by Crippen LogP contribution is 2.43. The van der Waals surface area contributed by atoms with Gasteiger partial charge in [-0.25, -0.2) is 4.57 Å². The molecule has 8 nitrogen and oxygen atoms in total. The van der Waals surface area contributed by atoms with Crippen molar-refractivity contribution in [3.8, 4) is 0 Å². The van der Waals surface area contributed by atoms with E-state index in [4.69, 9.17) is 18.5 Å². The summed E-state index contributed by atoms with van der Waals surface area (Å²) in [7, 11) is 1.66. The van der Waals surface area contributed by atoms with Gasteiger partial charge >= 0.3 is 13.8 Å². The summed E-state index contributed by atoms with van der Waals surface area (Å²) in [5, 5.41) is 0. The third kappa shape index (κ3) is 47.8. The van der Waals surface area contributed by atoms with Crippen molar-refractivity contribution in [1.29, 1.82) is 0 Å². The van der Waals surface area contributed by atoms with Gasteiger partial charge in [0.1, 0.15) is 19.3 Å². The third-order valence-electron chi connectivity index (χ3n) is 11.0. The van der Waals surface area contributed by atoms with Gasteiger partial charge in [-0.3, -0.25) is 13.8 Å². The molecule has 0 aromatic carbocycles. The molecular formula is C51H99NO7P+. The zero-order valence-corrected chi connectivity index (χ0v) is 41.1. The summed E-state index contributed by atoms with van der Waals surface area (Å²) in [5.41, 5.74) is 0. The van der Waals surface area contributed by atoms with E-state index >= 15 is 0 Å². The van der Waals surface area contributed by atoms with E-state index in [1.807, 2.05) is 21.1 Å². The molecule has 0 amide bonds. The van der Waals surface area contributed by atoms with Crippen molar-refractivity contribution in [2.75, 3.05) is 54.1 Å². The number of unbranched alkanes of at least 4 members (excludes halogenated alkanes) is 27. The number of esters is 1. The number of nitrogens with zero attached hydrogens (tertiary/aromatic N) is 1. The van der Waals surface area contributed by atoms with E-state index in [-0.39, 0.29) is 25.8 Å². The predicted octanol–water partition coefficient (Wildman–Crippen LogP) is 15.3. The molecule has 60 heavy (non-hydrogen) atoms. The maximum Gasteiger partial charge on any atom is 0.472 e. The molecule has 0 aliphatic rings. The Balaban J connectivity index is 4.08. The minimum absolute atomic E-state index is 0.0849. The molecule has 0 rings (SSSR count). The Morgan fingerprint density at radius 3 is 1.45 bits per heavy atom. The van der Waals surface area contributed by atoms with E-state index in [0.29, 0.717) is 24.1 Å². The lowest BCUT2D eigenvalue weighted by molar-refractivity contribution is -0.870. The molecule has 354 valence electrons. The summed E-state index contributed by atoms with van der Waals surface area (Å²) < 4.78 is 35.1. The van der Waals surface area contributed by atoms with Crippen LogP contribution in [-0.4, -0.2) is 75.6 Å². The van der Waals surface area contributed by atoms with E-state index in [1.165, 1.54) is 135 Å². The third-order valence-corrected chi connectivity index (χ3v) is 12.0. The molecule has 0 aromatic heterocycles. The number of ether oxygens (including phenoxy) is 2. The van der Waals surface area contributed by atoms with Gasteiger partial charge in [-0.1, -0.05) is 211 Å². The van der Waals surface area contributed by atoms with Gasteiger partial charge in [0, 0.05) is 13.0 Å². The lowest BCUT2D eigenvalue weighted by atomic mass is 10.0. The number of rotatable bonds is 47. The molecule has 9 heteroatoms. The summed E-state index contributed by atoms with van der Waals surface area (Å²) in [5.74, 6) is -0.318. The fourth-order valence-electron chi connectivity index (χ4n) is 7.10. The van der Waals surface area contributed by atoms with Crippen molar-refractivity contribution in [1.82, 2.24) is 0 Å². The van der Waals surface area contributed by atoms with E-state index in [1.54, 1.807) is 0 Å². The first-order chi connectivity index (χ1) is 29.1. The number of quaternary nitrogens is 1. The number of likely N-dealkylation sites (N-methyl/N-ethyl adjacent to an activating group) is 1. The van der Waals surface area contributed by atoms with Crippen LogP contribution in [0, 0.1) is 0 Å². The quantitative estimate of drug-likeness (QED) is 0.0214. The first-order valence-corrected chi connectivity index (χ1v) is 26.7. The van der Waals surface area contributed by atoms with Crippen molar-refractivity contribution < 1.29 is 37.3 Å². The smallest absolute Gasteiger partial charge is 0.457 e. The summed E-state index contributed by atoms with van der Waals surface area (Å²) >= 11 is 0. The predicted molar refractivity (Wildman–Crippen MR) is 256 cm³/mol. The second kappa shape index (κ2) is 44.3. The fraction of sp³-hybridized carbons (Fsp3) is 0.863. The Kier molecular flexibility index (Phi) is 43.4. The number of carbonyl (C=O) groups is 1. The van der Waals surface area contributed by atoms with Crippen LogP contribution in [0.15, 0.2) is 36.5 Å². The summed E-state index contributed by atoms with van der Waals surface area (Å²) in [4.78, 5) is 23.0. The van der Waals surface area contributed by atoms with Crippen LogP contribution in [0.3, 0.4) is 0 Å². The van der Waals surface area contributed by atoms with Crippen molar-refractivity contribution in [3.05, 3.63) is 36.5 Å². The van der Waals surface area contributed by atoms with Gasteiger partial charge in [-0.05, 0) is 44.9 Å². The SMILES string of the molecule is CC/C=C\C/C=C\C/C=C\CCCCCCOCC(COP(=O)(O)OCC[N+](C)(C)C)OC(=O)CCCCCCCCCCCCCCCCCCCCCCCCCC. The molecule has 0 spiro atoms. The second-order valence-electron chi connectivity index (χ2n) is 18.2. The summed E-state index contributed by atoms with van der Waals surface area (Å²) in [6, 6.07) is 0. The van der Waals surface area contributed by atoms with E-state index in [9.17, 15) is 14.3 Å². The molecule has 0 aliphatic carbocycles. The van der Waals surface area contributed by atoms with E-state index < -0.39 is 13.9 Å². The van der Waals surface area contributed by atoms with Gasteiger partial charge in [0.2, 0.25) is 0 Å². The minimum atomic E-state index is -4.28. The number of phosphoric acid groups is 1. The average Bonchev–Trinajstić information content (AvgIpc) is 3.20. The van der Waals surface area contributed by atoms with Crippen LogP contribution < -0.4 is 0 Å². The van der Waals surface area contributed by atoms with Gasteiger partial charge in [0.15, 0.2) is 0 Å². The molecule has 0 saturated carbocycles. The van der Waals surface area contributed by atoms with Crippen LogP contribution in [0.1, 0.15) is 226 Å². The minimum Gasteiger partial charge on any atom is -0.457 e. The van der Waals surface area contributed by atoms with Gasteiger partial charge in [0.25, 0.3) is 0 Å². The lowest BCUT2D eigenvalue weighted by Crippen LogP contribution is -2.37. The molecular weight excluding hydrogens is 770 g/mol. The van der Waals surface area contributed by atoms with Gasteiger partial charge in [-0.2, -0.15) is 0 Å². The molecule has 1 N–H and O–H groups in total. The molecule has 0 bridgehead atoms. The highest BCUT2D eigenvalue weighted by molar-refractivity contribution is 7.47. The number of allylic oxidation sites excluding steroid dienone is 6. The van der Waals surface area contributed by atoms with Gasteiger partial charge in [-0.15, -0.1) is 0 Å². The summed E-state index contributed by atoms with van der Waals surface area (Å²) in [6.45, 7) is 5.49. The van der Waals surface area contributed by atoms with Crippen LogP contribution in [-0.2, 0) is 27.9 Å². The molecule has 2 unspecified atom stereocenters. The molecule has 0 fully saturated rings. The maximum atomic E-state index is 12.7. The number of hydrogen-bond donors (Lipinski definition) is 1. The average molecular weight is 869 g/mol. The first kappa shape index (κ1) is 58.7. The van der Waals surface area contributed by atoms with Crippen molar-refractivity contribution in [2.45, 2.75) is 232 Å². The highest BCUT2D eigenvalue weighted by Gasteiger charge is 2.26. The lowest BCUT2D eigenvalue weighted by Gasteiger charge is -2.24. The first-order valence-electron chi connectivity index (χ1n) is 25.2. The van der Waals surface area contributed by atoms with Gasteiger partial charge < -0.3 is 18.9 Å². The van der Waals surface area contributed by atoms with Gasteiger partial charge in [0.05, 0.1) is 34.4 Å². The Bertz CT molecular complexity index is 1060. The van der Waals surface area contributed by atoms with Crippen LogP contribution >= 0.6 is 7.82 Å². The Morgan fingerprint density at radius 2 is 0.967 bits per heavy atom. The topological polar surface area (TPSA) is 91.3 Å². The standard InChI is InChI=1S/C51H98NO7P/c1-6-8-10-12-14-16-18-20-22-23-24-25-26-27-28-29-30-31-32-34-36-38-40-42-44-51(53)59-50(49-58-60(54,55)57-47-45-52(3,4)5)48-56-46-43-41-39-37-35-33-21-19-17-15-13-11-9-7-2/h9,11,15,17,21,33,50H,6-8,10,12-14,16,18-20,22-32,34-49H2,1-5H3/p+1/b11-9-,17-15-,33-21-. The Hall–Kier alpha value is -1.28. The maximum absolute atomic E-state index is 12.7. The zero-order valence-electron chi connectivity index (χ0n) is 40.2. The molecule has 0 saturated heterocycles. The molecule has 0 aliphatic heterocycles. The normalized spacial score (nSPS) is 13.9. The van der Waals surface area contributed by atoms with Crippen LogP contribution in [0.2, 0.25) is 0 Å². The fourth-order valence-corrected chi connectivity index (χ4v) is 7.84. The molecule has 0 heterocycles. The summed E-state index contributed by atoms with van der Waals surface area (Å²) in [6.07, 6.45) is 53.4. The van der Waals surface area contributed by atoms with Crippen molar-refractivity contribution >= 4 is 13.8 Å². The van der Waals surface area contributed by atoms with Crippen LogP contribution in [0.4, 0.5) is 0 Å². The van der Waals surface area contributed by atoms with E-state index in [0.717, 1.165) is 70.6 Å². The van der Waals surface area contributed by atoms with Crippen molar-refractivity contribution in [2.24, 2.45) is 0 Å². The molecule has 0 radical (unpaired) electrons. The largest absolute Gasteiger partial charge is 0.472 e. The van der Waals surface area contributed by atoms with E-state index in [2.05, 4.69) is 50.3 Å². The number of phosphoric ester groups is 1. The number of carbonyl (C=O) groups excluding carboxylic acids is 1. The Labute approximate surface area is 372 Å². The second-order valence-corrected chi connectivity index (χ2v) is 19.6.